The molecule has 1 fully saturated rings. The Bertz CT molecular complexity index is 528. The molecule has 0 aromatic heterocycles. The summed E-state index contributed by atoms with van der Waals surface area (Å²) in [5.41, 5.74) is 1.34. The monoisotopic (exact) mass is 247 g/mol. The summed E-state index contributed by atoms with van der Waals surface area (Å²) in [5.74, 6) is -0.170. The number of aliphatic hydroxyl groups is 1. The lowest BCUT2D eigenvalue weighted by atomic mass is 9.79. The number of ether oxygens (including phenoxy) is 1. The number of Topliss-reactive ketones (excluding diaryl/α,β-unsaturated/α-hetero) is 1. The zero-order valence-corrected chi connectivity index (χ0v) is 9.73. The van der Waals surface area contributed by atoms with E-state index in [1.54, 1.807) is 18.2 Å². The number of carbonyl (C=O) groups excluding carboxylic acids is 2. The fourth-order valence-electron chi connectivity index (χ4n) is 2.32. The highest BCUT2D eigenvalue weighted by atomic mass is 16.5. The highest BCUT2D eigenvalue weighted by Crippen LogP contribution is 2.33. The molecule has 1 aromatic carbocycles. The molecule has 0 atom stereocenters. The number of rotatable bonds is 3. The lowest BCUT2D eigenvalue weighted by Gasteiger charge is -2.38. The highest BCUT2D eigenvalue weighted by Gasteiger charge is 2.45. The lowest BCUT2D eigenvalue weighted by molar-refractivity contribution is -0.115. The van der Waals surface area contributed by atoms with Crippen molar-refractivity contribution in [2.24, 2.45) is 5.41 Å². The number of fused-ring (bicyclic) bond motifs is 1. The predicted octanol–water partition coefficient (Wildman–Crippen LogP) is 0.373. The van der Waals surface area contributed by atoms with Crippen LogP contribution in [0.3, 0.4) is 0 Å². The number of hydrogen-bond donors (Lipinski definition) is 2. The third-order valence-corrected chi connectivity index (χ3v) is 3.53. The van der Waals surface area contributed by atoms with Crippen LogP contribution in [0.4, 0.5) is 5.69 Å². The zero-order valence-electron chi connectivity index (χ0n) is 9.73. The van der Waals surface area contributed by atoms with Crippen molar-refractivity contribution in [3.63, 3.8) is 0 Å². The molecular formula is C13H13NO4. The molecule has 18 heavy (non-hydrogen) atoms. The molecule has 1 saturated heterocycles. The van der Waals surface area contributed by atoms with E-state index in [0.29, 0.717) is 12.0 Å². The van der Waals surface area contributed by atoms with Gasteiger partial charge in [0.25, 0.3) is 0 Å². The van der Waals surface area contributed by atoms with Crippen LogP contribution >= 0.6 is 0 Å². The summed E-state index contributed by atoms with van der Waals surface area (Å²) in [5, 5.41) is 12.1. The van der Waals surface area contributed by atoms with E-state index in [1.165, 1.54) is 0 Å². The first kappa shape index (κ1) is 11.4. The Morgan fingerprint density at radius 2 is 2.22 bits per heavy atom. The van der Waals surface area contributed by atoms with Gasteiger partial charge in [0.2, 0.25) is 5.91 Å². The summed E-state index contributed by atoms with van der Waals surface area (Å²) in [6.45, 7) is 0.313. The number of hydrogen-bond acceptors (Lipinski definition) is 4. The van der Waals surface area contributed by atoms with Crippen molar-refractivity contribution in [3.05, 3.63) is 29.3 Å². The van der Waals surface area contributed by atoms with E-state index >= 15 is 0 Å². The molecule has 2 aliphatic heterocycles. The Balaban J connectivity index is 1.92. The summed E-state index contributed by atoms with van der Waals surface area (Å²) < 4.78 is 5.03. The summed E-state index contributed by atoms with van der Waals surface area (Å²) in [7, 11) is 0. The van der Waals surface area contributed by atoms with Crippen LogP contribution in [0.1, 0.15) is 15.9 Å². The minimum Gasteiger partial charge on any atom is -0.395 e. The zero-order chi connectivity index (χ0) is 12.8. The molecule has 0 saturated carbocycles. The maximum absolute atomic E-state index is 12.3. The normalized spacial score (nSPS) is 19.9. The van der Waals surface area contributed by atoms with Gasteiger partial charge < -0.3 is 15.2 Å². The Labute approximate surface area is 104 Å². The second-order valence-electron chi connectivity index (χ2n) is 4.86. The first-order valence-electron chi connectivity index (χ1n) is 5.81. The van der Waals surface area contributed by atoms with Gasteiger partial charge in [-0.15, -0.1) is 0 Å². The molecule has 0 aliphatic carbocycles. The van der Waals surface area contributed by atoms with Crippen LogP contribution in [0.25, 0.3) is 0 Å². The first-order chi connectivity index (χ1) is 8.64. The van der Waals surface area contributed by atoms with E-state index in [0.717, 1.165) is 11.3 Å². The molecule has 0 unspecified atom stereocenters. The third kappa shape index (κ3) is 1.55. The highest BCUT2D eigenvalue weighted by molar-refractivity contribution is 6.04. The minimum absolute atomic E-state index is 0.0570. The molecule has 3 rings (SSSR count). The number of anilines is 1. The van der Waals surface area contributed by atoms with E-state index in [-0.39, 0.29) is 31.5 Å². The van der Waals surface area contributed by atoms with Gasteiger partial charge in [-0.2, -0.15) is 0 Å². The first-order valence-corrected chi connectivity index (χ1v) is 5.81. The van der Waals surface area contributed by atoms with Gasteiger partial charge in [0.1, 0.15) is 5.41 Å². The van der Waals surface area contributed by atoms with Crippen LogP contribution in [-0.4, -0.2) is 36.6 Å². The maximum atomic E-state index is 12.3. The van der Waals surface area contributed by atoms with E-state index in [9.17, 15) is 14.7 Å². The maximum Gasteiger partial charge on any atom is 0.228 e. The summed E-state index contributed by atoms with van der Waals surface area (Å²) in [6.07, 6.45) is 0.305. The molecule has 1 amide bonds. The van der Waals surface area contributed by atoms with E-state index in [4.69, 9.17) is 4.74 Å². The summed E-state index contributed by atoms with van der Waals surface area (Å²) in [6, 6.07) is 5.14. The molecule has 0 radical (unpaired) electrons. The fraction of sp³-hybridized carbons (Fsp3) is 0.385. The molecule has 5 heteroatoms. The number of aliphatic hydroxyl groups excluding tert-OH is 1. The van der Waals surface area contributed by atoms with Crippen LogP contribution in [0.2, 0.25) is 0 Å². The van der Waals surface area contributed by atoms with Gasteiger partial charge in [-0.05, 0) is 23.8 Å². The number of benzene rings is 1. The standard InChI is InChI=1S/C13H13NO4/c15-5-13(6-18-7-13)12(17)8-1-2-10-9(3-8)4-11(16)14-10/h1-3,15H,4-7H2,(H,14,16). The van der Waals surface area contributed by atoms with Gasteiger partial charge in [0.15, 0.2) is 5.78 Å². The second-order valence-corrected chi connectivity index (χ2v) is 4.86. The molecule has 5 nitrogen and oxygen atoms in total. The van der Waals surface area contributed by atoms with Crippen molar-refractivity contribution < 1.29 is 19.4 Å². The van der Waals surface area contributed by atoms with E-state index in [1.807, 2.05) is 0 Å². The number of amides is 1. The van der Waals surface area contributed by atoms with Crippen LogP contribution in [0.5, 0.6) is 0 Å². The Morgan fingerprint density at radius 3 is 2.83 bits per heavy atom. The average Bonchev–Trinajstić information content (AvgIpc) is 2.67. The van der Waals surface area contributed by atoms with Crippen LogP contribution in [-0.2, 0) is 16.0 Å². The van der Waals surface area contributed by atoms with Gasteiger partial charge in [0.05, 0.1) is 26.2 Å². The van der Waals surface area contributed by atoms with Crippen LogP contribution in [0.15, 0.2) is 18.2 Å². The molecule has 94 valence electrons. The molecule has 0 spiro atoms. The van der Waals surface area contributed by atoms with Gasteiger partial charge in [-0.1, -0.05) is 0 Å². The molecule has 2 heterocycles. The Kier molecular flexibility index (Phi) is 2.46. The van der Waals surface area contributed by atoms with E-state index < -0.39 is 5.41 Å². The lowest BCUT2D eigenvalue weighted by Crippen LogP contribution is -2.51. The molecular weight excluding hydrogens is 234 g/mol. The summed E-state index contributed by atoms with van der Waals surface area (Å²) in [4.78, 5) is 23.6. The molecule has 2 N–H and O–H groups in total. The van der Waals surface area contributed by atoms with Crippen molar-refractivity contribution in [2.45, 2.75) is 6.42 Å². The predicted molar refractivity (Wildman–Crippen MR) is 63.4 cm³/mol. The SMILES string of the molecule is O=C1Cc2cc(C(=O)C3(CO)COC3)ccc2N1. The largest absolute Gasteiger partial charge is 0.395 e. The third-order valence-electron chi connectivity index (χ3n) is 3.53. The van der Waals surface area contributed by atoms with Crippen LogP contribution < -0.4 is 5.32 Å². The van der Waals surface area contributed by atoms with Crippen molar-refractivity contribution >= 4 is 17.4 Å². The van der Waals surface area contributed by atoms with Crippen LogP contribution in [0, 0.1) is 5.41 Å². The minimum atomic E-state index is -0.787. The molecule has 1 aromatic rings. The number of ketones is 1. The van der Waals surface area contributed by atoms with Gasteiger partial charge in [-0.25, -0.2) is 0 Å². The van der Waals surface area contributed by atoms with Crippen molar-refractivity contribution in [3.8, 4) is 0 Å². The second kappa shape index (κ2) is 3.90. The number of carbonyl (C=O) groups is 2. The molecule has 2 aliphatic rings. The van der Waals surface area contributed by atoms with Crippen molar-refractivity contribution in [2.75, 3.05) is 25.1 Å². The topological polar surface area (TPSA) is 75.6 Å². The summed E-state index contributed by atoms with van der Waals surface area (Å²) >= 11 is 0. The average molecular weight is 247 g/mol. The van der Waals surface area contributed by atoms with Gasteiger partial charge in [-0.3, -0.25) is 9.59 Å². The van der Waals surface area contributed by atoms with E-state index in [2.05, 4.69) is 5.32 Å². The fourth-order valence-corrected chi connectivity index (χ4v) is 2.32. The van der Waals surface area contributed by atoms with Gasteiger partial charge in [0, 0.05) is 11.3 Å². The smallest absolute Gasteiger partial charge is 0.228 e. The number of nitrogens with one attached hydrogen (secondary N) is 1. The quantitative estimate of drug-likeness (QED) is 0.757. The van der Waals surface area contributed by atoms with Gasteiger partial charge >= 0.3 is 0 Å². The van der Waals surface area contributed by atoms with Crippen molar-refractivity contribution in [1.29, 1.82) is 0 Å². The molecule has 0 bridgehead atoms. The Hall–Kier alpha value is -1.72. The Morgan fingerprint density at radius 1 is 1.44 bits per heavy atom. The van der Waals surface area contributed by atoms with Crippen molar-refractivity contribution in [1.82, 2.24) is 0 Å².